The first kappa shape index (κ1) is 15.3. The van der Waals surface area contributed by atoms with Gasteiger partial charge < -0.3 is 0 Å². The number of aryl methyl sites for hydroxylation is 1. The molecule has 108 valence electrons. The van der Waals surface area contributed by atoms with Crippen molar-refractivity contribution >= 4 is 5.57 Å². The van der Waals surface area contributed by atoms with E-state index in [0.717, 1.165) is 18.4 Å². The summed E-state index contributed by atoms with van der Waals surface area (Å²) in [7, 11) is 0. The van der Waals surface area contributed by atoms with Gasteiger partial charge in [0.2, 0.25) is 0 Å². The third kappa shape index (κ3) is 3.72. The lowest BCUT2D eigenvalue weighted by Crippen LogP contribution is -1.99. The van der Waals surface area contributed by atoms with Crippen molar-refractivity contribution in [3.63, 3.8) is 0 Å². The number of benzene rings is 1. The van der Waals surface area contributed by atoms with Crippen LogP contribution in [-0.2, 0) is 6.42 Å². The van der Waals surface area contributed by atoms with Crippen molar-refractivity contribution in [3.05, 3.63) is 89.1 Å². The SMILES string of the molecule is C=C(C)/C1=C/C(C(/C)=C/C=C\C)=C/CCc2ccccc21. The van der Waals surface area contributed by atoms with Gasteiger partial charge in [0, 0.05) is 0 Å². The zero-order valence-electron chi connectivity index (χ0n) is 13.3. The first-order valence-electron chi connectivity index (χ1n) is 7.59. The summed E-state index contributed by atoms with van der Waals surface area (Å²) in [6, 6.07) is 8.68. The highest BCUT2D eigenvalue weighted by Gasteiger charge is 2.11. The Bertz CT molecular complexity index is 648. The summed E-state index contributed by atoms with van der Waals surface area (Å²) in [6.45, 7) is 10.5. The smallest absolute Gasteiger partial charge is 0.0149 e. The average molecular weight is 276 g/mol. The van der Waals surface area contributed by atoms with Crippen LogP contribution < -0.4 is 0 Å². The molecule has 0 radical (unpaired) electrons. The van der Waals surface area contributed by atoms with Gasteiger partial charge in [-0.1, -0.05) is 60.7 Å². The van der Waals surface area contributed by atoms with Gasteiger partial charge in [-0.05, 0) is 67.5 Å². The molecule has 0 amide bonds. The predicted octanol–water partition coefficient (Wildman–Crippen LogP) is 6.04. The molecule has 0 N–H and O–H groups in total. The van der Waals surface area contributed by atoms with E-state index in [-0.39, 0.29) is 0 Å². The van der Waals surface area contributed by atoms with Crippen LogP contribution in [0.1, 0.15) is 38.3 Å². The van der Waals surface area contributed by atoms with Crippen LogP contribution >= 0.6 is 0 Å². The van der Waals surface area contributed by atoms with E-state index in [0.29, 0.717) is 0 Å². The molecular weight excluding hydrogens is 252 g/mol. The third-order valence-corrected chi connectivity index (χ3v) is 3.84. The van der Waals surface area contributed by atoms with E-state index in [9.17, 15) is 0 Å². The lowest BCUT2D eigenvalue weighted by Gasteiger charge is -2.17. The van der Waals surface area contributed by atoms with Gasteiger partial charge in [0.25, 0.3) is 0 Å². The normalized spacial score (nSPS) is 20.8. The number of fused-ring (bicyclic) bond motifs is 1. The Morgan fingerprint density at radius 2 is 1.95 bits per heavy atom. The molecule has 0 spiro atoms. The van der Waals surface area contributed by atoms with Gasteiger partial charge in [-0.15, -0.1) is 0 Å². The zero-order chi connectivity index (χ0) is 15.2. The maximum atomic E-state index is 4.18. The maximum Gasteiger partial charge on any atom is -0.0149 e. The Morgan fingerprint density at radius 1 is 1.19 bits per heavy atom. The summed E-state index contributed by atoms with van der Waals surface area (Å²) in [4.78, 5) is 0. The van der Waals surface area contributed by atoms with Crippen LogP contribution in [-0.4, -0.2) is 0 Å². The number of rotatable bonds is 3. The Labute approximate surface area is 128 Å². The van der Waals surface area contributed by atoms with E-state index < -0.39 is 0 Å². The molecule has 1 aromatic rings. The summed E-state index contributed by atoms with van der Waals surface area (Å²) in [5.74, 6) is 0. The lowest BCUT2D eigenvalue weighted by molar-refractivity contribution is 0.984. The van der Waals surface area contributed by atoms with Gasteiger partial charge in [0.1, 0.15) is 0 Å². The van der Waals surface area contributed by atoms with Crippen molar-refractivity contribution in [2.24, 2.45) is 0 Å². The van der Waals surface area contributed by atoms with Crippen LogP contribution in [0.4, 0.5) is 0 Å². The third-order valence-electron chi connectivity index (χ3n) is 3.84. The molecule has 0 unspecified atom stereocenters. The van der Waals surface area contributed by atoms with Crippen LogP contribution in [0.3, 0.4) is 0 Å². The Morgan fingerprint density at radius 3 is 2.67 bits per heavy atom. The molecule has 0 saturated heterocycles. The predicted molar refractivity (Wildman–Crippen MR) is 94.2 cm³/mol. The molecule has 0 bridgehead atoms. The second-order valence-electron chi connectivity index (χ2n) is 5.57. The molecule has 1 aliphatic carbocycles. The topological polar surface area (TPSA) is 0 Å². The molecule has 0 aromatic heterocycles. The quantitative estimate of drug-likeness (QED) is 0.590. The molecule has 21 heavy (non-hydrogen) atoms. The highest BCUT2D eigenvalue weighted by Crippen LogP contribution is 2.31. The number of hydrogen-bond acceptors (Lipinski definition) is 0. The van der Waals surface area contributed by atoms with Gasteiger partial charge in [-0.2, -0.15) is 0 Å². The number of hydrogen-bond donors (Lipinski definition) is 0. The van der Waals surface area contributed by atoms with Crippen LogP contribution in [0, 0.1) is 0 Å². The highest BCUT2D eigenvalue weighted by molar-refractivity contribution is 5.82. The Hall–Kier alpha value is -2.08. The lowest BCUT2D eigenvalue weighted by atomic mass is 9.88. The Kier molecular flexibility index (Phi) is 5.16. The standard InChI is InChI=1S/C21H24/c1-5-6-10-17(4)19-13-9-12-18-11-7-8-14-20(18)21(15-19)16(2)3/h5-8,10-11,13-15H,2,9,12H2,1,3-4H3/b6-5-,17-10+,19-13-,21-15-. The monoisotopic (exact) mass is 276 g/mol. The summed E-state index contributed by atoms with van der Waals surface area (Å²) in [6.07, 6.45) is 13.1. The van der Waals surface area contributed by atoms with Crippen molar-refractivity contribution in [2.45, 2.75) is 33.6 Å². The van der Waals surface area contributed by atoms with Crippen LogP contribution in [0.2, 0.25) is 0 Å². The van der Waals surface area contributed by atoms with Crippen LogP contribution in [0.15, 0.2) is 77.9 Å². The summed E-state index contributed by atoms with van der Waals surface area (Å²) >= 11 is 0. The van der Waals surface area contributed by atoms with E-state index in [1.807, 2.05) is 6.92 Å². The minimum atomic E-state index is 1.08. The Balaban J connectivity index is 2.53. The fourth-order valence-corrected chi connectivity index (χ4v) is 2.64. The molecule has 0 fully saturated rings. The molecule has 0 atom stereocenters. The van der Waals surface area contributed by atoms with Gasteiger partial charge in [-0.3, -0.25) is 0 Å². The summed E-state index contributed by atoms with van der Waals surface area (Å²) in [5.41, 5.74) is 7.72. The minimum Gasteiger partial charge on any atom is -0.0955 e. The van der Waals surface area contributed by atoms with Gasteiger partial charge >= 0.3 is 0 Å². The largest absolute Gasteiger partial charge is 0.0955 e. The molecule has 0 nitrogen and oxygen atoms in total. The minimum absolute atomic E-state index is 1.08. The van der Waals surface area contributed by atoms with E-state index in [1.165, 1.54) is 27.8 Å². The molecule has 1 aromatic carbocycles. The van der Waals surface area contributed by atoms with Crippen molar-refractivity contribution in [3.8, 4) is 0 Å². The van der Waals surface area contributed by atoms with Gasteiger partial charge in [0.05, 0.1) is 0 Å². The van der Waals surface area contributed by atoms with E-state index in [1.54, 1.807) is 0 Å². The van der Waals surface area contributed by atoms with Crippen molar-refractivity contribution in [1.29, 1.82) is 0 Å². The van der Waals surface area contributed by atoms with Crippen LogP contribution in [0.25, 0.3) is 5.57 Å². The van der Waals surface area contributed by atoms with Crippen molar-refractivity contribution < 1.29 is 0 Å². The first-order chi connectivity index (χ1) is 10.1. The highest BCUT2D eigenvalue weighted by atomic mass is 14.2. The van der Waals surface area contributed by atoms with E-state index >= 15 is 0 Å². The molecular formula is C21H24. The van der Waals surface area contributed by atoms with Crippen molar-refractivity contribution in [1.82, 2.24) is 0 Å². The second-order valence-corrected chi connectivity index (χ2v) is 5.57. The van der Waals surface area contributed by atoms with E-state index in [2.05, 4.69) is 75.1 Å². The number of allylic oxidation sites excluding steroid dienone is 9. The summed E-state index contributed by atoms with van der Waals surface area (Å²) < 4.78 is 0. The molecule has 0 heterocycles. The molecule has 1 aliphatic rings. The maximum absolute atomic E-state index is 4.18. The average Bonchev–Trinajstić information content (AvgIpc) is 2.45. The fourth-order valence-electron chi connectivity index (χ4n) is 2.64. The van der Waals surface area contributed by atoms with Crippen molar-refractivity contribution in [2.75, 3.05) is 0 Å². The summed E-state index contributed by atoms with van der Waals surface area (Å²) in [5, 5.41) is 0. The molecule has 0 saturated carbocycles. The fraction of sp³-hybridized carbons (Fsp3) is 0.238. The first-order valence-corrected chi connectivity index (χ1v) is 7.59. The molecule has 0 aliphatic heterocycles. The van der Waals surface area contributed by atoms with Gasteiger partial charge in [0.15, 0.2) is 0 Å². The van der Waals surface area contributed by atoms with E-state index in [4.69, 9.17) is 0 Å². The van der Waals surface area contributed by atoms with Crippen LogP contribution in [0.5, 0.6) is 0 Å². The molecule has 0 heteroatoms. The second kappa shape index (κ2) is 7.08. The van der Waals surface area contributed by atoms with Gasteiger partial charge in [-0.25, -0.2) is 0 Å². The molecule has 2 rings (SSSR count). The zero-order valence-corrected chi connectivity index (χ0v) is 13.3.